The molecule has 2 aromatic rings. The molecule has 2 fully saturated rings. The van der Waals surface area contributed by atoms with Crippen molar-refractivity contribution in [3.63, 3.8) is 0 Å². The van der Waals surface area contributed by atoms with Crippen molar-refractivity contribution in [2.75, 3.05) is 19.6 Å². The Labute approximate surface area is 161 Å². The number of piperidine rings is 1. The van der Waals surface area contributed by atoms with Crippen molar-refractivity contribution >= 4 is 5.91 Å². The molecular formula is C23H28N2O2. The molecule has 1 aliphatic heterocycles. The Morgan fingerprint density at radius 3 is 2.30 bits per heavy atom. The van der Waals surface area contributed by atoms with Gasteiger partial charge in [-0.05, 0) is 43.2 Å². The normalized spacial score (nSPS) is 24.0. The minimum atomic E-state index is -1.29. The lowest BCUT2D eigenvalue weighted by atomic mass is 9.90. The third-order valence-electron chi connectivity index (χ3n) is 6.01. The molecule has 1 saturated heterocycles. The van der Waals surface area contributed by atoms with Crippen LogP contribution in [0.3, 0.4) is 0 Å². The first-order valence-electron chi connectivity index (χ1n) is 9.98. The summed E-state index contributed by atoms with van der Waals surface area (Å²) in [6, 6.07) is 20.6. The average Bonchev–Trinajstić information content (AvgIpc) is 3.51. The van der Waals surface area contributed by atoms with Crippen molar-refractivity contribution in [3.8, 4) is 0 Å². The number of hydrogen-bond donors (Lipinski definition) is 2. The summed E-state index contributed by atoms with van der Waals surface area (Å²) in [6.45, 7) is 1.72. The Morgan fingerprint density at radius 2 is 1.63 bits per heavy atom. The quantitative estimate of drug-likeness (QED) is 0.794. The van der Waals surface area contributed by atoms with E-state index in [4.69, 9.17) is 0 Å². The third-order valence-corrected chi connectivity index (χ3v) is 6.01. The van der Waals surface area contributed by atoms with Crippen LogP contribution in [0.1, 0.15) is 36.8 Å². The van der Waals surface area contributed by atoms with Crippen molar-refractivity contribution < 1.29 is 9.90 Å². The molecule has 1 heterocycles. The van der Waals surface area contributed by atoms with Gasteiger partial charge in [0.25, 0.3) is 5.91 Å². The van der Waals surface area contributed by atoms with Crippen LogP contribution in [0, 0.1) is 0 Å². The van der Waals surface area contributed by atoms with Gasteiger partial charge in [0.2, 0.25) is 0 Å². The molecule has 1 saturated carbocycles. The molecule has 27 heavy (non-hydrogen) atoms. The Balaban J connectivity index is 1.38. The number of nitrogens with zero attached hydrogens (tertiary/aromatic N) is 1. The second-order valence-corrected chi connectivity index (χ2v) is 7.96. The Bertz CT molecular complexity index is 773. The monoisotopic (exact) mass is 364 g/mol. The van der Waals surface area contributed by atoms with E-state index in [0.29, 0.717) is 19.5 Å². The fraction of sp³-hybridized carbons (Fsp3) is 0.435. The zero-order chi connectivity index (χ0) is 18.7. The highest BCUT2D eigenvalue weighted by Crippen LogP contribution is 2.45. The first-order valence-corrected chi connectivity index (χ1v) is 9.98. The highest BCUT2D eigenvalue weighted by atomic mass is 16.3. The number of amides is 1. The molecule has 0 spiro atoms. The fourth-order valence-electron chi connectivity index (χ4n) is 4.12. The molecule has 2 N–H and O–H groups in total. The highest BCUT2D eigenvalue weighted by molar-refractivity contribution is 5.86. The molecule has 2 aromatic carbocycles. The third kappa shape index (κ3) is 3.92. The predicted molar refractivity (Wildman–Crippen MR) is 106 cm³/mol. The summed E-state index contributed by atoms with van der Waals surface area (Å²) in [4.78, 5) is 14.8. The molecule has 1 atom stereocenters. The van der Waals surface area contributed by atoms with E-state index in [1.54, 1.807) is 0 Å². The van der Waals surface area contributed by atoms with Crippen molar-refractivity contribution in [2.24, 2.45) is 0 Å². The van der Waals surface area contributed by atoms with Gasteiger partial charge in [0, 0.05) is 25.2 Å². The van der Waals surface area contributed by atoms with E-state index < -0.39 is 5.60 Å². The topological polar surface area (TPSA) is 52.6 Å². The van der Waals surface area contributed by atoms with Gasteiger partial charge in [-0.15, -0.1) is 0 Å². The summed E-state index contributed by atoms with van der Waals surface area (Å²) in [7, 11) is 0. The van der Waals surface area contributed by atoms with E-state index in [2.05, 4.69) is 29.6 Å². The van der Waals surface area contributed by atoms with Gasteiger partial charge in [-0.1, -0.05) is 60.7 Å². The Hall–Kier alpha value is -2.17. The molecule has 4 rings (SSSR count). The molecule has 142 valence electrons. The summed E-state index contributed by atoms with van der Waals surface area (Å²) in [5.74, 6) is -0.124. The molecule has 4 nitrogen and oxygen atoms in total. The van der Waals surface area contributed by atoms with Crippen molar-refractivity contribution in [1.82, 2.24) is 10.2 Å². The summed E-state index contributed by atoms with van der Waals surface area (Å²) in [5, 5.41) is 14.6. The minimum Gasteiger partial charge on any atom is -0.379 e. The predicted octanol–water partition coefficient (Wildman–Crippen LogP) is 2.86. The number of hydrogen-bond acceptors (Lipinski definition) is 3. The van der Waals surface area contributed by atoms with Crippen LogP contribution in [0.4, 0.5) is 0 Å². The molecule has 2 aliphatic rings. The lowest BCUT2D eigenvalue weighted by molar-refractivity contribution is -0.156. The molecule has 1 amide bonds. The first-order chi connectivity index (χ1) is 13.1. The number of carbonyl (C=O) groups is 1. The molecule has 0 radical (unpaired) electrons. The van der Waals surface area contributed by atoms with Gasteiger partial charge in [0.15, 0.2) is 5.60 Å². The maximum atomic E-state index is 13.0. The Kier molecular flexibility index (Phi) is 5.02. The molecule has 1 aliphatic carbocycles. The average molecular weight is 364 g/mol. The fourth-order valence-corrected chi connectivity index (χ4v) is 4.12. The zero-order valence-electron chi connectivity index (χ0n) is 15.7. The van der Waals surface area contributed by atoms with Crippen LogP contribution in [-0.4, -0.2) is 41.1 Å². The number of benzene rings is 2. The molecule has 0 bridgehead atoms. The Morgan fingerprint density at radius 1 is 0.963 bits per heavy atom. The van der Waals surface area contributed by atoms with E-state index in [-0.39, 0.29) is 11.4 Å². The van der Waals surface area contributed by atoms with Gasteiger partial charge >= 0.3 is 0 Å². The molecule has 0 aromatic heterocycles. The molecule has 1 unspecified atom stereocenters. The maximum absolute atomic E-state index is 13.0. The highest BCUT2D eigenvalue weighted by Gasteiger charge is 2.48. The zero-order valence-corrected chi connectivity index (χ0v) is 15.7. The van der Waals surface area contributed by atoms with Crippen LogP contribution in [-0.2, 0) is 16.8 Å². The second-order valence-electron chi connectivity index (χ2n) is 7.96. The van der Waals surface area contributed by atoms with Gasteiger partial charge in [-0.25, -0.2) is 0 Å². The minimum absolute atomic E-state index is 0.0659. The summed E-state index contributed by atoms with van der Waals surface area (Å²) < 4.78 is 0. The SMILES string of the molecule is O=C1N(CCc2ccccc2)CCCC1(O)CNC1(c2ccccc2)CC1. The standard InChI is InChI=1S/C23H28N2O2/c26-21-23(27,18-24-22(14-15-22)20-10-5-2-6-11-20)13-7-16-25(21)17-12-19-8-3-1-4-9-19/h1-6,8-11,24,27H,7,12-18H2. The largest absolute Gasteiger partial charge is 0.379 e. The number of rotatable bonds is 7. The lowest BCUT2D eigenvalue weighted by Gasteiger charge is -2.39. The van der Waals surface area contributed by atoms with Gasteiger partial charge in [-0.3, -0.25) is 4.79 Å². The van der Waals surface area contributed by atoms with E-state index in [1.807, 2.05) is 41.3 Å². The summed E-state index contributed by atoms with van der Waals surface area (Å²) in [5.41, 5.74) is 1.11. The van der Waals surface area contributed by atoms with Crippen molar-refractivity contribution in [2.45, 2.75) is 43.2 Å². The van der Waals surface area contributed by atoms with E-state index in [0.717, 1.165) is 32.2 Å². The van der Waals surface area contributed by atoms with Crippen LogP contribution >= 0.6 is 0 Å². The van der Waals surface area contributed by atoms with Crippen LogP contribution in [0.25, 0.3) is 0 Å². The van der Waals surface area contributed by atoms with Crippen LogP contribution in [0.2, 0.25) is 0 Å². The van der Waals surface area contributed by atoms with Gasteiger partial charge < -0.3 is 15.3 Å². The number of nitrogens with one attached hydrogen (secondary N) is 1. The van der Waals surface area contributed by atoms with Crippen molar-refractivity contribution in [1.29, 1.82) is 0 Å². The number of carbonyl (C=O) groups excluding carboxylic acids is 1. The lowest BCUT2D eigenvalue weighted by Crippen LogP contribution is -2.59. The van der Waals surface area contributed by atoms with E-state index in [9.17, 15) is 9.90 Å². The maximum Gasteiger partial charge on any atom is 0.255 e. The van der Waals surface area contributed by atoms with Gasteiger partial charge in [0.1, 0.15) is 0 Å². The van der Waals surface area contributed by atoms with Crippen LogP contribution in [0.5, 0.6) is 0 Å². The van der Waals surface area contributed by atoms with E-state index in [1.165, 1.54) is 11.1 Å². The van der Waals surface area contributed by atoms with Crippen LogP contribution in [0.15, 0.2) is 60.7 Å². The van der Waals surface area contributed by atoms with Crippen LogP contribution < -0.4 is 5.32 Å². The first kappa shape index (κ1) is 18.2. The van der Waals surface area contributed by atoms with Gasteiger partial charge in [0.05, 0.1) is 0 Å². The summed E-state index contributed by atoms with van der Waals surface area (Å²) in [6.07, 6.45) is 4.31. The molecule has 4 heteroatoms. The number of aliphatic hydroxyl groups is 1. The van der Waals surface area contributed by atoms with E-state index >= 15 is 0 Å². The second kappa shape index (κ2) is 7.45. The number of likely N-dealkylation sites (tertiary alicyclic amines) is 1. The summed E-state index contributed by atoms with van der Waals surface area (Å²) >= 11 is 0. The van der Waals surface area contributed by atoms with Crippen molar-refractivity contribution in [3.05, 3.63) is 71.8 Å². The van der Waals surface area contributed by atoms with Gasteiger partial charge in [-0.2, -0.15) is 0 Å². The molecular weight excluding hydrogens is 336 g/mol. The smallest absolute Gasteiger partial charge is 0.255 e.